The second-order valence-electron chi connectivity index (χ2n) is 8.14. The summed E-state index contributed by atoms with van der Waals surface area (Å²) in [5, 5.41) is 7.49. The number of H-pyrrole nitrogens is 1. The molecule has 0 saturated heterocycles. The Bertz CT molecular complexity index is 1190. The summed E-state index contributed by atoms with van der Waals surface area (Å²) in [6.45, 7) is 4.03. The molecule has 0 spiro atoms. The number of ether oxygens (including phenoxy) is 2. The normalized spacial score (nSPS) is 17.6. The van der Waals surface area contributed by atoms with Crippen LogP contribution in [0.15, 0.2) is 41.2 Å². The molecule has 2 aromatic heterocycles. The van der Waals surface area contributed by atoms with Crippen molar-refractivity contribution in [3.63, 3.8) is 0 Å². The number of fused-ring (bicyclic) bond motifs is 1. The highest BCUT2D eigenvalue weighted by molar-refractivity contribution is 5.94. The highest BCUT2D eigenvalue weighted by Gasteiger charge is 2.31. The van der Waals surface area contributed by atoms with Gasteiger partial charge in [0.05, 0.1) is 11.4 Å². The summed E-state index contributed by atoms with van der Waals surface area (Å²) >= 11 is 0. The summed E-state index contributed by atoms with van der Waals surface area (Å²) < 4.78 is 12.9. The Morgan fingerprint density at radius 3 is 2.74 bits per heavy atom. The molecule has 1 unspecified atom stereocenters. The number of anilines is 1. The van der Waals surface area contributed by atoms with Crippen molar-refractivity contribution in [3.8, 4) is 17.4 Å². The maximum atomic E-state index is 12.9. The van der Waals surface area contributed by atoms with Gasteiger partial charge in [0.25, 0.3) is 11.5 Å². The van der Waals surface area contributed by atoms with Crippen LogP contribution >= 0.6 is 0 Å². The van der Waals surface area contributed by atoms with Crippen LogP contribution in [0.3, 0.4) is 0 Å². The van der Waals surface area contributed by atoms with E-state index in [1.54, 1.807) is 12.1 Å². The van der Waals surface area contributed by atoms with Crippen LogP contribution in [0.25, 0.3) is 5.95 Å². The fourth-order valence-electron chi connectivity index (χ4n) is 3.44. The molecule has 0 bridgehead atoms. The molecule has 2 aliphatic rings. The number of aromatic nitrogens is 4. The van der Waals surface area contributed by atoms with Gasteiger partial charge in [-0.3, -0.25) is 14.6 Å². The average molecular weight is 421 g/mol. The van der Waals surface area contributed by atoms with Crippen molar-refractivity contribution in [3.05, 3.63) is 58.1 Å². The van der Waals surface area contributed by atoms with E-state index in [0.29, 0.717) is 28.9 Å². The van der Waals surface area contributed by atoms with Gasteiger partial charge in [-0.15, -0.1) is 0 Å². The number of nitrogens with one attached hydrogen (secondary N) is 2. The Labute approximate surface area is 178 Å². The first-order valence-electron chi connectivity index (χ1n) is 10.4. The van der Waals surface area contributed by atoms with E-state index in [2.05, 4.69) is 20.4 Å². The third-order valence-electron chi connectivity index (χ3n) is 5.32. The molecular formula is C22H23N5O4. The van der Waals surface area contributed by atoms with Crippen LogP contribution < -0.4 is 20.3 Å². The van der Waals surface area contributed by atoms with Crippen LogP contribution in [0.4, 0.5) is 5.82 Å². The maximum Gasteiger partial charge on any atom is 0.270 e. The third-order valence-corrected chi connectivity index (χ3v) is 5.32. The fraction of sp³-hybridized carbons (Fsp3) is 0.364. The number of para-hydroxylation sites is 2. The zero-order valence-corrected chi connectivity index (χ0v) is 17.3. The molecule has 1 aliphatic heterocycles. The van der Waals surface area contributed by atoms with Crippen molar-refractivity contribution in [1.82, 2.24) is 19.7 Å². The first kappa shape index (κ1) is 19.3. The van der Waals surface area contributed by atoms with E-state index in [0.717, 1.165) is 18.5 Å². The van der Waals surface area contributed by atoms with E-state index in [4.69, 9.17) is 9.47 Å². The van der Waals surface area contributed by atoms with E-state index in [1.165, 1.54) is 10.7 Å². The molecule has 3 aromatic rings. The monoisotopic (exact) mass is 421 g/mol. The Hall–Kier alpha value is -3.62. The van der Waals surface area contributed by atoms with Crippen molar-refractivity contribution in [2.24, 2.45) is 0 Å². The quantitative estimate of drug-likeness (QED) is 0.655. The molecule has 2 N–H and O–H groups in total. The van der Waals surface area contributed by atoms with E-state index in [-0.39, 0.29) is 29.9 Å². The molecule has 9 heteroatoms. The van der Waals surface area contributed by atoms with Crippen molar-refractivity contribution < 1.29 is 14.3 Å². The molecule has 160 valence electrons. The van der Waals surface area contributed by atoms with Crippen LogP contribution in [-0.2, 0) is 4.79 Å². The van der Waals surface area contributed by atoms with Crippen molar-refractivity contribution in [1.29, 1.82) is 0 Å². The Kier molecular flexibility index (Phi) is 4.72. The van der Waals surface area contributed by atoms with Gasteiger partial charge in [0.1, 0.15) is 12.4 Å². The number of hydrogen-bond acceptors (Lipinski definition) is 6. The minimum absolute atomic E-state index is 0.0745. The Morgan fingerprint density at radius 2 is 2.00 bits per heavy atom. The minimum atomic E-state index is -0.809. The molecule has 1 aromatic carbocycles. The topological polar surface area (TPSA) is 111 Å². The number of carbonyl (C=O) groups is 1. The summed E-state index contributed by atoms with van der Waals surface area (Å²) in [5.41, 5.74) is 1.24. The molecule has 1 atom stereocenters. The largest absolute Gasteiger partial charge is 0.485 e. The predicted molar refractivity (Wildman–Crippen MR) is 113 cm³/mol. The van der Waals surface area contributed by atoms with Gasteiger partial charge in [-0.1, -0.05) is 26.0 Å². The van der Waals surface area contributed by atoms with Gasteiger partial charge in [0.15, 0.2) is 11.5 Å². The lowest BCUT2D eigenvalue weighted by molar-refractivity contribution is -0.125. The SMILES string of the molecule is CC(C)c1cc(=O)[nH]c(-n2nc(C3CC3)cc2NC(=O)C2COc3ccccc3O2)n1. The molecule has 1 amide bonds. The molecule has 3 heterocycles. The predicted octanol–water partition coefficient (Wildman–Crippen LogP) is 2.73. The van der Waals surface area contributed by atoms with Crippen LogP contribution in [-0.4, -0.2) is 38.4 Å². The van der Waals surface area contributed by atoms with E-state index in [9.17, 15) is 9.59 Å². The summed E-state index contributed by atoms with van der Waals surface area (Å²) in [7, 11) is 0. The van der Waals surface area contributed by atoms with Crippen LogP contribution in [0.5, 0.6) is 11.5 Å². The van der Waals surface area contributed by atoms with Crippen LogP contribution in [0.2, 0.25) is 0 Å². The lowest BCUT2D eigenvalue weighted by Gasteiger charge is -2.25. The summed E-state index contributed by atoms with van der Waals surface area (Å²) in [6, 6.07) is 10.5. The first-order valence-corrected chi connectivity index (χ1v) is 10.4. The standard InChI is InChI=1S/C22H23N5O4/c1-12(2)14-10-20(28)25-22(23-14)27-19(9-15(26-27)13-7-8-13)24-21(29)18-11-30-16-5-3-4-6-17(16)31-18/h3-6,9-10,12-13,18H,7-8,11H2,1-2H3,(H,24,29)(H,23,25,28). The van der Waals surface area contributed by atoms with E-state index < -0.39 is 6.10 Å². The zero-order valence-electron chi connectivity index (χ0n) is 17.3. The smallest absolute Gasteiger partial charge is 0.270 e. The van der Waals surface area contributed by atoms with E-state index >= 15 is 0 Å². The van der Waals surface area contributed by atoms with Gasteiger partial charge in [0.2, 0.25) is 12.1 Å². The summed E-state index contributed by atoms with van der Waals surface area (Å²) in [5.74, 6) is 1.91. The van der Waals surface area contributed by atoms with Crippen molar-refractivity contribution >= 4 is 11.7 Å². The molecule has 1 aliphatic carbocycles. The van der Waals surface area contributed by atoms with Gasteiger partial charge in [0, 0.05) is 18.1 Å². The van der Waals surface area contributed by atoms with Gasteiger partial charge >= 0.3 is 0 Å². The second kappa shape index (κ2) is 7.57. The fourth-order valence-corrected chi connectivity index (χ4v) is 3.44. The van der Waals surface area contributed by atoms with Crippen LogP contribution in [0.1, 0.15) is 49.9 Å². The van der Waals surface area contributed by atoms with Gasteiger partial charge < -0.3 is 14.8 Å². The molecule has 1 fully saturated rings. The molecule has 0 radical (unpaired) electrons. The molecule has 31 heavy (non-hydrogen) atoms. The number of rotatable bonds is 5. The average Bonchev–Trinajstić information content (AvgIpc) is 3.53. The second-order valence-corrected chi connectivity index (χ2v) is 8.14. The minimum Gasteiger partial charge on any atom is -0.485 e. The zero-order chi connectivity index (χ0) is 21.5. The highest BCUT2D eigenvalue weighted by Crippen LogP contribution is 2.40. The van der Waals surface area contributed by atoms with Crippen LogP contribution in [0, 0.1) is 0 Å². The number of amides is 1. The van der Waals surface area contributed by atoms with Gasteiger partial charge in [-0.25, -0.2) is 4.98 Å². The van der Waals surface area contributed by atoms with E-state index in [1.807, 2.05) is 32.0 Å². The molecule has 5 rings (SSSR count). The van der Waals surface area contributed by atoms with Gasteiger partial charge in [-0.2, -0.15) is 9.78 Å². The first-order chi connectivity index (χ1) is 15.0. The molecule has 1 saturated carbocycles. The number of carbonyl (C=O) groups excluding carboxylic acids is 1. The number of aromatic amines is 1. The summed E-state index contributed by atoms with van der Waals surface area (Å²) in [6.07, 6.45) is 1.30. The third kappa shape index (κ3) is 3.90. The highest BCUT2D eigenvalue weighted by atomic mass is 16.6. The molecule has 9 nitrogen and oxygen atoms in total. The maximum absolute atomic E-state index is 12.9. The van der Waals surface area contributed by atoms with Gasteiger partial charge in [-0.05, 0) is 30.9 Å². The lowest BCUT2D eigenvalue weighted by atomic mass is 10.1. The molecular weight excluding hydrogens is 398 g/mol. The number of benzene rings is 1. The van der Waals surface area contributed by atoms with Crippen molar-refractivity contribution in [2.75, 3.05) is 11.9 Å². The number of hydrogen-bond donors (Lipinski definition) is 2. The lowest BCUT2D eigenvalue weighted by Crippen LogP contribution is -2.40. The summed E-state index contributed by atoms with van der Waals surface area (Å²) in [4.78, 5) is 32.4. The number of nitrogens with zero attached hydrogens (tertiary/aromatic N) is 3. The Morgan fingerprint density at radius 1 is 1.23 bits per heavy atom. The Balaban J connectivity index is 1.45. The van der Waals surface area contributed by atoms with Crippen molar-refractivity contribution in [2.45, 2.75) is 44.6 Å².